The lowest BCUT2D eigenvalue weighted by Gasteiger charge is -2.15. The summed E-state index contributed by atoms with van der Waals surface area (Å²) in [6, 6.07) is 6.04. The van der Waals surface area contributed by atoms with Crippen LogP contribution in [-0.2, 0) is 24.2 Å². The van der Waals surface area contributed by atoms with Gasteiger partial charge in [-0.3, -0.25) is 4.21 Å². The molecule has 0 aliphatic carbocycles. The Hall–Kier alpha value is -0.750. The molecule has 1 aromatic carbocycles. The van der Waals surface area contributed by atoms with Gasteiger partial charge in [0.15, 0.2) is 0 Å². The number of hydrogen-bond acceptors (Lipinski definition) is 3. The molecule has 4 nitrogen and oxygen atoms in total. The minimum absolute atomic E-state index is 0.0518. The van der Waals surface area contributed by atoms with Crippen LogP contribution < -0.4 is 10.5 Å². The van der Waals surface area contributed by atoms with E-state index in [2.05, 4.69) is 10.8 Å². The molecule has 0 spiro atoms. The maximum absolute atomic E-state index is 10.5. The molecule has 0 aliphatic rings. The molecule has 0 aliphatic heterocycles. The van der Waals surface area contributed by atoms with E-state index >= 15 is 0 Å². The van der Waals surface area contributed by atoms with E-state index in [-0.39, 0.29) is 6.04 Å². The number of nitrogens with one attached hydrogen (secondary N) is 1. The largest absolute Gasteiger partial charge is 0.760 e. The van der Waals surface area contributed by atoms with Crippen LogP contribution in [0.15, 0.2) is 18.2 Å². The van der Waals surface area contributed by atoms with E-state index in [4.69, 9.17) is 5.73 Å². The number of nitrogens with two attached hydrogens (primary N) is 1. The highest BCUT2D eigenvalue weighted by Crippen LogP contribution is 2.19. The Kier molecular flexibility index (Phi) is 5.77. The fourth-order valence-electron chi connectivity index (χ4n) is 1.75. The first kappa shape index (κ1) is 14.3. The van der Waals surface area contributed by atoms with Crippen molar-refractivity contribution in [3.8, 4) is 0 Å². The first-order valence-electron chi connectivity index (χ1n) is 5.78. The lowest BCUT2D eigenvalue weighted by molar-refractivity contribution is 0.522. The highest BCUT2D eigenvalue weighted by atomic mass is 32.2. The van der Waals surface area contributed by atoms with Crippen molar-refractivity contribution in [3.63, 3.8) is 0 Å². The van der Waals surface area contributed by atoms with Gasteiger partial charge in [0.1, 0.15) is 0 Å². The molecule has 2 atom stereocenters. The monoisotopic (exact) mass is 255 g/mol. The second-order valence-corrected chi connectivity index (χ2v) is 4.71. The summed E-state index contributed by atoms with van der Waals surface area (Å²) in [7, 11) is 0. The lowest BCUT2D eigenvalue weighted by Crippen LogP contribution is -2.17. The molecule has 0 saturated carbocycles. The third-order valence-electron chi connectivity index (χ3n) is 2.86. The van der Waals surface area contributed by atoms with Crippen molar-refractivity contribution in [2.45, 2.75) is 39.3 Å². The van der Waals surface area contributed by atoms with Gasteiger partial charge in [-0.05, 0) is 29.5 Å². The van der Waals surface area contributed by atoms with Crippen LogP contribution in [-0.4, -0.2) is 8.76 Å². The Balaban J connectivity index is 2.89. The summed E-state index contributed by atoms with van der Waals surface area (Å²) < 4.78 is 23.3. The van der Waals surface area contributed by atoms with Crippen LogP contribution in [0.5, 0.6) is 0 Å². The normalized spacial score (nSPS) is 14.6. The fourth-order valence-corrected chi connectivity index (χ4v) is 2.02. The van der Waals surface area contributed by atoms with Crippen molar-refractivity contribution in [1.29, 1.82) is 0 Å². The van der Waals surface area contributed by atoms with E-state index < -0.39 is 11.3 Å². The predicted octanol–water partition coefficient (Wildman–Crippen LogP) is 1.54. The Morgan fingerprint density at radius 2 is 2.12 bits per heavy atom. The predicted molar refractivity (Wildman–Crippen MR) is 68.8 cm³/mol. The molecule has 5 heteroatoms. The first-order chi connectivity index (χ1) is 8.08. The Morgan fingerprint density at radius 3 is 2.65 bits per heavy atom. The molecule has 0 fully saturated rings. The van der Waals surface area contributed by atoms with Crippen molar-refractivity contribution >= 4 is 11.3 Å². The smallest absolute Gasteiger partial charge is 0.0325 e. The molecular formula is C12H19N2O2S-. The quantitative estimate of drug-likeness (QED) is 0.757. The van der Waals surface area contributed by atoms with Gasteiger partial charge in [0.25, 0.3) is 0 Å². The molecule has 0 amide bonds. The average Bonchev–Trinajstić information content (AvgIpc) is 2.34. The molecule has 0 aromatic heterocycles. The third-order valence-corrected chi connectivity index (χ3v) is 3.24. The number of aryl methyl sites for hydroxylation is 1. The summed E-state index contributed by atoms with van der Waals surface area (Å²) in [6.07, 6.45) is 1.76. The van der Waals surface area contributed by atoms with E-state index in [0.717, 1.165) is 29.5 Å². The number of hydrogen-bond donors (Lipinski definition) is 2. The van der Waals surface area contributed by atoms with Crippen molar-refractivity contribution < 1.29 is 8.76 Å². The highest BCUT2D eigenvalue weighted by Gasteiger charge is 2.07. The van der Waals surface area contributed by atoms with Gasteiger partial charge in [-0.1, -0.05) is 32.0 Å². The summed E-state index contributed by atoms with van der Waals surface area (Å²) >= 11 is -2.22. The molecule has 1 unspecified atom stereocenters. The maximum atomic E-state index is 10.5. The van der Waals surface area contributed by atoms with Gasteiger partial charge in [0.05, 0.1) is 0 Å². The zero-order valence-electron chi connectivity index (χ0n) is 10.2. The van der Waals surface area contributed by atoms with E-state index in [9.17, 15) is 8.76 Å². The molecule has 1 aromatic rings. The Labute approximate surface area is 105 Å². The topological polar surface area (TPSA) is 78.2 Å². The minimum Gasteiger partial charge on any atom is -0.760 e. The summed E-state index contributed by atoms with van der Waals surface area (Å²) in [5.74, 6) is 0. The zero-order valence-corrected chi connectivity index (χ0v) is 11.0. The second-order valence-electron chi connectivity index (χ2n) is 3.95. The summed E-state index contributed by atoms with van der Waals surface area (Å²) in [4.78, 5) is 0. The van der Waals surface area contributed by atoms with Gasteiger partial charge >= 0.3 is 0 Å². The van der Waals surface area contributed by atoms with Crippen LogP contribution in [0.3, 0.4) is 0 Å². The lowest BCUT2D eigenvalue weighted by atomic mass is 9.97. The van der Waals surface area contributed by atoms with E-state index in [1.54, 1.807) is 0 Å². The van der Waals surface area contributed by atoms with Crippen LogP contribution in [0.1, 0.15) is 43.0 Å². The van der Waals surface area contributed by atoms with Gasteiger partial charge in [-0.15, -0.1) is 0 Å². The summed E-state index contributed by atoms with van der Waals surface area (Å²) in [6.45, 7) is 4.43. The maximum Gasteiger partial charge on any atom is 0.0325 e. The van der Waals surface area contributed by atoms with Crippen LogP contribution in [0, 0.1) is 0 Å². The molecule has 0 heterocycles. The van der Waals surface area contributed by atoms with Gasteiger partial charge in [0, 0.05) is 23.9 Å². The summed E-state index contributed by atoms with van der Waals surface area (Å²) in [5, 5.41) is 0. The molecule has 17 heavy (non-hydrogen) atoms. The van der Waals surface area contributed by atoms with Gasteiger partial charge in [-0.2, -0.15) is 0 Å². The fraction of sp³-hybridized carbons (Fsp3) is 0.500. The molecule has 3 N–H and O–H groups in total. The van der Waals surface area contributed by atoms with E-state index in [1.807, 2.05) is 26.0 Å². The van der Waals surface area contributed by atoms with Gasteiger partial charge in [-0.25, -0.2) is 4.72 Å². The molecule has 0 radical (unpaired) electrons. The summed E-state index contributed by atoms with van der Waals surface area (Å²) in [5.41, 5.74) is 9.23. The number of benzene rings is 1. The Bertz CT molecular complexity index is 396. The first-order valence-corrected chi connectivity index (χ1v) is 6.86. The SMILES string of the molecule is CCc1cc([C@H](N)CC)ccc1CNS(=O)[O-]. The minimum atomic E-state index is -2.22. The molecule has 0 saturated heterocycles. The molecule has 1 rings (SSSR count). The molecule has 0 bridgehead atoms. The van der Waals surface area contributed by atoms with Crippen LogP contribution in [0.4, 0.5) is 0 Å². The van der Waals surface area contributed by atoms with Crippen LogP contribution in [0.25, 0.3) is 0 Å². The van der Waals surface area contributed by atoms with Crippen molar-refractivity contribution in [2.75, 3.05) is 0 Å². The number of rotatable bonds is 6. The average molecular weight is 255 g/mol. The second kappa shape index (κ2) is 6.86. The van der Waals surface area contributed by atoms with Crippen LogP contribution >= 0.6 is 0 Å². The van der Waals surface area contributed by atoms with Gasteiger partial charge in [0.2, 0.25) is 0 Å². The standard InChI is InChI=1S/C12H20N2O2S/c1-3-9-7-10(12(13)4-2)5-6-11(9)8-14-17(15)16/h5-7,12,14H,3-4,8,13H2,1-2H3,(H,15,16)/p-1/t12-/m1/s1. The highest BCUT2D eigenvalue weighted by molar-refractivity contribution is 7.77. The van der Waals surface area contributed by atoms with E-state index in [0.29, 0.717) is 6.54 Å². The van der Waals surface area contributed by atoms with Crippen molar-refractivity contribution in [2.24, 2.45) is 5.73 Å². The van der Waals surface area contributed by atoms with Crippen LogP contribution in [0.2, 0.25) is 0 Å². The third kappa shape index (κ3) is 4.20. The zero-order chi connectivity index (χ0) is 12.8. The van der Waals surface area contributed by atoms with Gasteiger partial charge < -0.3 is 10.3 Å². The molecular weight excluding hydrogens is 236 g/mol. The van der Waals surface area contributed by atoms with Crippen molar-refractivity contribution in [3.05, 3.63) is 34.9 Å². The van der Waals surface area contributed by atoms with E-state index in [1.165, 1.54) is 0 Å². The Morgan fingerprint density at radius 1 is 1.41 bits per heavy atom. The van der Waals surface area contributed by atoms with Crippen molar-refractivity contribution in [1.82, 2.24) is 4.72 Å². The molecule has 96 valence electrons.